The van der Waals surface area contributed by atoms with Gasteiger partial charge in [0.25, 0.3) is 0 Å². The van der Waals surface area contributed by atoms with Crippen LogP contribution in [-0.4, -0.2) is 11.2 Å². The second-order valence-electron chi connectivity index (χ2n) is 7.12. The number of nitrogens with zero attached hydrogens (tertiary/aromatic N) is 2. The predicted octanol–water partition coefficient (Wildman–Crippen LogP) is 7.32. The van der Waals surface area contributed by atoms with Crippen LogP contribution in [0.2, 0.25) is 0 Å². The molecule has 30 heavy (non-hydrogen) atoms. The van der Waals surface area contributed by atoms with Crippen molar-refractivity contribution in [3.05, 3.63) is 121 Å². The number of rotatable bonds is 4. The van der Waals surface area contributed by atoms with Gasteiger partial charge >= 0.3 is 0 Å². The Kier molecular flexibility index (Phi) is 4.89. The van der Waals surface area contributed by atoms with Gasteiger partial charge in [0.15, 0.2) is 0 Å². The topological polar surface area (TPSA) is 25.2 Å². The number of hydrogen-bond donors (Lipinski definition) is 0. The normalized spacial score (nSPS) is 11.2. The van der Waals surface area contributed by atoms with Gasteiger partial charge in [-0.2, -0.15) is 0 Å². The van der Waals surface area contributed by atoms with Gasteiger partial charge in [0.1, 0.15) is 0 Å². The molecule has 142 valence electrons. The molecule has 1 aromatic heterocycles. The fourth-order valence-corrected chi connectivity index (χ4v) is 3.70. The fourth-order valence-electron chi connectivity index (χ4n) is 3.70. The molecule has 0 spiro atoms. The molecule has 0 bridgehead atoms. The van der Waals surface area contributed by atoms with Crippen LogP contribution in [-0.2, 0) is 0 Å². The van der Waals surface area contributed by atoms with Crippen molar-refractivity contribution in [2.75, 3.05) is 0 Å². The van der Waals surface area contributed by atoms with Gasteiger partial charge in [-0.05, 0) is 34.5 Å². The van der Waals surface area contributed by atoms with E-state index in [0.29, 0.717) is 0 Å². The lowest BCUT2D eigenvalue weighted by Crippen LogP contribution is -1.90. The zero-order valence-electron chi connectivity index (χ0n) is 16.4. The van der Waals surface area contributed by atoms with Crippen LogP contribution in [0.1, 0.15) is 5.69 Å². The summed E-state index contributed by atoms with van der Waals surface area (Å²) in [7, 11) is 0. The average molecular weight is 384 g/mol. The molecule has 0 aliphatic carbocycles. The number of aliphatic imine (C=N–C) groups is 1. The van der Waals surface area contributed by atoms with Crippen molar-refractivity contribution in [2.24, 2.45) is 4.99 Å². The summed E-state index contributed by atoms with van der Waals surface area (Å²) in [5.41, 5.74) is 6.12. The molecule has 0 amide bonds. The molecule has 0 radical (unpaired) electrons. The number of aromatic nitrogens is 1. The summed E-state index contributed by atoms with van der Waals surface area (Å²) in [6.45, 7) is 0. The Labute approximate surface area is 176 Å². The van der Waals surface area contributed by atoms with E-state index in [4.69, 9.17) is 9.98 Å². The van der Waals surface area contributed by atoms with Crippen LogP contribution >= 0.6 is 0 Å². The Morgan fingerprint density at radius 2 is 1.27 bits per heavy atom. The maximum atomic E-state index is 4.81. The smallest absolute Gasteiger partial charge is 0.0820 e. The molecule has 1 heterocycles. The Hall–Kier alpha value is -4.04. The minimum absolute atomic E-state index is 0.837. The summed E-state index contributed by atoms with van der Waals surface area (Å²) in [5, 5.41) is 2.46. The Morgan fingerprint density at radius 3 is 2.20 bits per heavy atom. The van der Waals surface area contributed by atoms with E-state index < -0.39 is 0 Å². The van der Waals surface area contributed by atoms with Crippen molar-refractivity contribution >= 4 is 22.7 Å². The molecule has 0 unspecified atom stereocenters. The quantitative estimate of drug-likeness (QED) is 0.298. The maximum absolute atomic E-state index is 4.81. The maximum Gasteiger partial charge on any atom is 0.0820 e. The molecule has 4 aromatic carbocycles. The lowest BCUT2D eigenvalue weighted by molar-refractivity contribution is 1.30. The number of para-hydroxylation sites is 1. The monoisotopic (exact) mass is 384 g/mol. The van der Waals surface area contributed by atoms with Crippen LogP contribution in [0.4, 0.5) is 5.69 Å². The summed E-state index contributed by atoms with van der Waals surface area (Å²) >= 11 is 0. The molecule has 2 heteroatoms. The largest absolute Gasteiger partial charge is 0.254 e. The van der Waals surface area contributed by atoms with E-state index in [1.54, 1.807) is 0 Å². The van der Waals surface area contributed by atoms with Crippen LogP contribution in [0.15, 0.2) is 120 Å². The van der Waals surface area contributed by atoms with Crippen molar-refractivity contribution in [3.8, 4) is 22.4 Å². The lowest BCUT2D eigenvalue weighted by Gasteiger charge is -2.09. The zero-order chi connectivity index (χ0) is 20.2. The highest BCUT2D eigenvalue weighted by atomic mass is 14.8. The molecule has 0 aliphatic heterocycles. The van der Waals surface area contributed by atoms with E-state index >= 15 is 0 Å². The van der Waals surface area contributed by atoms with E-state index in [9.17, 15) is 0 Å². The first kappa shape index (κ1) is 18.0. The molecular formula is C28H20N2. The van der Waals surface area contributed by atoms with Gasteiger partial charge < -0.3 is 0 Å². The minimum Gasteiger partial charge on any atom is -0.254 e. The van der Waals surface area contributed by atoms with Crippen molar-refractivity contribution in [1.29, 1.82) is 0 Å². The fraction of sp³-hybridized carbons (Fsp3) is 0. The zero-order valence-corrected chi connectivity index (χ0v) is 16.4. The van der Waals surface area contributed by atoms with Crippen LogP contribution in [0.25, 0.3) is 33.2 Å². The van der Waals surface area contributed by atoms with Crippen LogP contribution in [0, 0.1) is 0 Å². The summed E-state index contributed by atoms with van der Waals surface area (Å²) < 4.78 is 0. The van der Waals surface area contributed by atoms with Crippen LogP contribution in [0.5, 0.6) is 0 Å². The highest BCUT2D eigenvalue weighted by Gasteiger charge is 2.07. The van der Waals surface area contributed by atoms with E-state index in [1.807, 2.05) is 48.7 Å². The SMILES string of the molecule is C(=Nc1ccccc1-c1cccc2ccccc12)c1cccc(-c2ccccc2)n1. The van der Waals surface area contributed by atoms with E-state index in [1.165, 1.54) is 16.3 Å². The highest BCUT2D eigenvalue weighted by molar-refractivity contribution is 5.99. The third kappa shape index (κ3) is 3.63. The molecule has 2 nitrogen and oxygen atoms in total. The third-order valence-corrected chi connectivity index (χ3v) is 5.16. The molecule has 0 atom stereocenters. The van der Waals surface area contributed by atoms with Gasteiger partial charge in [-0.1, -0.05) is 97.1 Å². The van der Waals surface area contributed by atoms with E-state index in [2.05, 4.69) is 72.8 Å². The minimum atomic E-state index is 0.837. The van der Waals surface area contributed by atoms with Gasteiger partial charge in [0.2, 0.25) is 0 Å². The molecule has 5 aromatic rings. The van der Waals surface area contributed by atoms with Gasteiger partial charge in [0, 0.05) is 11.1 Å². The van der Waals surface area contributed by atoms with Crippen molar-refractivity contribution in [3.63, 3.8) is 0 Å². The highest BCUT2D eigenvalue weighted by Crippen LogP contribution is 2.35. The number of fused-ring (bicyclic) bond motifs is 1. The number of hydrogen-bond acceptors (Lipinski definition) is 2. The Balaban J connectivity index is 1.54. The third-order valence-electron chi connectivity index (χ3n) is 5.16. The Morgan fingerprint density at radius 1 is 0.567 bits per heavy atom. The van der Waals surface area contributed by atoms with Gasteiger partial charge in [-0.3, -0.25) is 4.99 Å². The molecular weight excluding hydrogens is 364 g/mol. The first-order chi connectivity index (χ1) is 14.9. The summed E-state index contributed by atoms with van der Waals surface area (Å²) in [6.07, 6.45) is 1.84. The molecule has 0 aliphatic rings. The van der Waals surface area contributed by atoms with Crippen LogP contribution in [0.3, 0.4) is 0 Å². The van der Waals surface area contributed by atoms with Crippen molar-refractivity contribution in [1.82, 2.24) is 4.98 Å². The average Bonchev–Trinajstić information content (AvgIpc) is 2.83. The summed E-state index contributed by atoms with van der Waals surface area (Å²) in [4.78, 5) is 9.57. The number of pyridine rings is 1. The van der Waals surface area contributed by atoms with E-state index in [0.717, 1.165) is 28.2 Å². The summed E-state index contributed by atoms with van der Waals surface area (Å²) in [6, 6.07) is 39.3. The lowest BCUT2D eigenvalue weighted by atomic mass is 9.97. The second-order valence-corrected chi connectivity index (χ2v) is 7.12. The van der Waals surface area contributed by atoms with Gasteiger partial charge in [0.05, 0.1) is 23.3 Å². The summed E-state index contributed by atoms with van der Waals surface area (Å²) in [5.74, 6) is 0. The van der Waals surface area contributed by atoms with Crippen molar-refractivity contribution in [2.45, 2.75) is 0 Å². The second kappa shape index (κ2) is 8.14. The van der Waals surface area contributed by atoms with Crippen molar-refractivity contribution < 1.29 is 0 Å². The number of benzene rings is 4. The van der Waals surface area contributed by atoms with Gasteiger partial charge in [-0.25, -0.2) is 4.98 Å². The molecule has 0 saturated heterocycles. The molecule has 5 rings (SSSR count). The molecule has 0 saturated carbocycles. The standard InChI is InChI=1S/C28H20N2/c1-2-11-22(12-3-1)27-19-9-14-23(30-27)20-29-28-18-7-6-16-26(28)25-17-8-13-21-10-4-5-15-24(21)25/h1-20H. The Bertz CT molecular complexity index is 1330. The molecule has 0 N–H and O–H groups in total. The van der Waals surface area contributed by atoms with E-state index in [-0.39, 0.29) is 0 Å². The predicted molar refractivity (Wildman–Crippen MR) is 126 cm³/mol. The first-order valence-corrected chi connectivity index (χ1v) is 10.0. The van der Waals surface area contributed by atoms with Crippen LogP contribution < -0.4 is 0 Å². The molecule has 0 fully saturated rings. The van der Waals surface area contributed by atoms with Gasteiger partial charge in [-0.15, -0.1) is 0 Å². The first-order valence-electron chi connectivity index (χ1n) is 10.0.